The Morgan fingerprint density at radius 3 is 2.38 bits per heavy atom. The number of likely N-dealkylation sites (tertiary alicyclic amines) is 1. The molecule has 1 aliphatic heterocycles. The third kappa shape index (κ3) is 2.35. The van der Waals surface area contributed by atoms with Gasteiger partial charge < -0.3 is 4.90 Å². The maximum Gasteiger partial charge on any atom is 0.324 e. The van der Waals surface area contributed by atoms with Crippen LogP contribution in [0.3, 0.4) is 0 Å². The van der Waals surface area contributed by atoms with E-state index in [-0.39, 0.29) is 6.03 Å². The number of amides is 2. The molecule has 1 heterocycles. The van der Waals surface area contributed by atoms with E-state index >= 15 is 0 Å². The van der Waals surface area contributed by atoms with E-state index in [1.54, 1.807) is 4.90 Å². The minimum absolute atomic E-state index is 0.117. The van der Waals surface area contributed by atoms with E-state index in [0.29, 0.717) is 0 Å². The first-order valence-corrected chi connectivity index (χ1v) is 5.87. The van der Waals surface area contributed by atoms with Crippen LogP contribution in [0.25, 0.3) is 0 Å². The standard InChI is InChI=1S/C13H18N2O/c1-14(12-8-4-2-5-9-12)13(16)15-10-6-3-7-11-15/h2,4-5,8-9H,3,6-7,10-11H2,1H3. The summed E-state index contributed by atoms with van der Waals surface area (Å²) in [5.41, 5.74) is 0.957. The molecule has 0 aromatic heterocycles. The molecule has 0 atom stereocenters. The predicted molar refractivity (Wildman–Crippen MR) is 65.7 cm³/mol. The van der Waals surface area contributed by atoms with E-state index in [0.717, 1.165) is 31.6 Å². The monoisotopic (exact) mass is 218 g/mol. The zero-order valence-corrected chi connectivity index (χ0v) is 9.72. The molecule has 1 fully saturated rings. The van der Waals surface area contributed by atoms with Crippen molar-refractivity contribution in [3.63, 3.8) is 0 Å². The van der Waals surface area contributed by atoms with Crippen LogP contribution in [0.1, 0.15) is 19.3 Å². The Hall–Kier alpha value is -1.51. The number of piperidine rings is 1. The minimum Gasteiger partial charge on any atom is -0.324 e. The Morgan fingerprint density at radius 1 is 1.12 bits per heavy atom. The molecule has 0 unspecified atom stereocenters. The molecule has 3 nitrogen and oxygen atoms in total. The van der Waals surface area contributed by atoms with Gasteiger partial charge in [-0.2, -0.15) is 0 Å². The van der Waals surface area contributed by atoms with E-state index in [4.69, 9.17) is 0 Å². The van der Waals surface area contributed by atoms with E-state index in [2.05, 4.69) is 0 Å². The summed E-state index contributed by atoms with van der Waals surface area (Å²) in [6.07, 6.45) is 3.52. The lowest BCUT2D eigenvalue weighted by Gasteiger charge is -2.31. The van der Waals surface area contributed by atoms with Crippen LogP contribution in [-0.4, -0.2) is 31.1 Å². The molecule has 0 saturated carbocycles. The van der Waals surface area contributed by atoms with Gasteiger partial charge in [-0.25, -0.2) is 4.79 Å². The topological polar surface area (TPSA) is 23.6 Å². The number of carbonyl (C=O) groups is 1. The molecular weight excluding hydrogens is 200 g/mol. The fourth-order valence-electron chi connectivity index (χ4n) is 2.06. The van der Waals surface area contributed by atoms with Crippen LogP contribution in [0.4, 0.5) is 10.5 Å². The first kappa shape index (κ1) is 11.0. The number of nitrogens with zero attached hydrogens (tertiary/aromatic N) is 2. The van der Waals surface area contributed by atoms with Crippen molar-refractivity contribution in [2.45, 2.75) is 19.3 Å². The van der Waals surface area contributed by atoms with Gasteiger partial charge in [0.1, 0.15) is 0 Å². The van der Waals surface area contributed by atoms with Crippen LogP contribution >= 0.6 is 0 Å². The van der Waals surface area contributed by atoms with Gasteiger partial charge in [0.2, 0.25) is 0 Å². The first-order valence-electron chi connectivity index (χ1n) is 5.87. The van der Waals surface area contributed by atoms with Crippen molar-refractivity contribution < 1.29 is 4.79 Å². The van der Waals surface area contributed by atoms with E-state index in [1.165, 1.54) is 6.42 Å². The Bertz CT molecular complexity index is 344. The molecule has 1 aliphatic rings. The van der Waals surface area contributed by atoms with Crippen molar-refractivity contribution >= 4 is 11.7 Å². The summed E-state index contributed by atoms with van der Waals surface area (Å²) < 4.78 is 0. The molecule has 86 valence electrons. The van der Waals surface area contributed by atoms with Crippen molar-refractivity contribution in [3.8, 4) is 0 Å². The average Bonchev–Trinajstić information content (AvgIpc) is 2.39. The lowest BCUT2D eigenvalue weighted by molar-refractivity contribution is 0.194. The van der Waals surface area contributed by atoms with Gasteiger partial charge in [-0.15, -0.1) is 0 Å². The number of carbonyl (C=O) groups excluding carboxylic acids is 1. The zero-order valence-electron chi connectivity index (χ0n) is 9.72. The van der Waals surface area contributed by atoms with Crippen LogP contribution in [0.15, 0.2) is 30.3 Å². The quantitative estimate of drug-likeness (QED) is 0.711. The van der Waals surface area contributed by atoms with Crippen molar-refractivity contribution in [1.29, 1.82) is 0 Å². The van der Waals surface area contributed by atoms with Gasteiger partial charge >= 0.3 is 6.03 Å². The SMILES string of the molecule is CN(C(=O)N1CCCCC1)c1ccccc1. The molecule has 16 heavy (non-hydrogen) atoms. The molecule has 1 saturated heterocycles. The summed E-state index contributed by atoms with van der Waals surface area (Å²) in [5, 5.41) is 0. The van der Waals surface area contributed by atoms with Gasteiger partial charge in [0, 0.05) is 25.8 Å². The molecule has 1 aromatic carbocycles. The molecule has 0 aliphatic carbocycles. The minimum atomic E-state index is 0.117. The Balaban J connectivity index is 2.04. The summed E-state index contributed by atoms with van der Waals surface area (Å²) >= 11 is 0. The Labute approximate surface area is 96.7 Å². The van der Waals surface area contributed by atoms with Gasteiger partial charge in [0.25, 0.3) is 0 Å². The summed E-state index contributed by atoms with van der Waals surface area (Å²) in [7, 11) is 1.84. The second-order valence-electron chi connectivity index (χ2n) is 4.22. The highest BCUT2D eigenvalue weighted by Crippen LogP contribution is 2.16. The normalized spacial score (nSPS) is 15.9. The highest BCUT2D eigenvalue weighted by molar-refractivity contribution is 5.91. The molecule has 3 heteroatoms. The van der Waals surface area contributed by atoms with Crippen LogP contribution < -0.4 is 4.90 Å². The van der Waals surface area contributed by atoms with E-state index < -0.39 is 0 Å². The maximum atomic E-state index is 12.2. The Kier molecular flexibility index (Phi) is 3.44. The lowest BCUT2D eigenvalue weighted by Crippen LogP contribution is -2.43. The van der Waals surface area contributed by atoms with Gasteiger partial charge in [-0.1, -0.05) is 18.2 Å². The highest BCUT2D eigenvalue weighted by atomic mass is 16.2. The number of urea groups is 1. The zero-order chi connectivity index (χ0) is 11.4. The van der Waals surface area contributed by atoms with Crippen LogP contribution in [0.5, 0.6) is 0 Å². The fraction of sp³-hybridized carbons (Fsp3) is 0.462. The largest absolute Gasteiger partial charge is 0.324 e. The number of hydrogen-bond acceptors (Lipinski definition) is 1. The molecule has 1 aromatic rings. The lowest BCUT2D eigenvalue weighted by atomic mass is 10.1. The molecule has 0 bridgehead atoms. The van der Waals surface area contributed by atoms with Crippen LogP contribution in [0, 0.1) is 0 Å². The van der Waals surface area contributed by atoms with Gasteiger partial charge in [-0.3, -0.25) is 4.90 Å². The smallest absolute Gasteiger partial charge is 0.324 e. The number of para-hydroxylation sites is 1. The molecule has 0 radical (unpaired) electrons. The number of benzene rings is 1. The average molecular weight is 218 g/mol. The van der Waals surface area contributed by atoms with Crippen molar-refractivity contribution in [1.82, 2.24) is 4.90 Å². The van der Waals surface area contributed by atoms with E-state index in [1.807, 2.05) is 42.3 Å². The van der Waals surface area contributed by atoms with Crippen molar-refractivity contribution in [2.75, 3.05) is 25.0 Å². The summed E-state index contributed by atoms with van der Waals surface area (Å²) in [5.74, 6) is 0. The second kappa shape index (κ2) is 5.01. The van der Waals surface area contributed by atoms with E-state index in [9.17, 15) is 4.79 Å². The third-order valence-electron chi connectivity index (χ3n) is 3.06. The van der Waals surface area contributed by atoms with Crippen molar-refractivity contribution in [2.24, 2.45) is 0 Å². The van der Waals surface area contributed by atoms with Gasteiger partial charge in [-0.05, 0) is 31.4 Å². The Morgan fingerprint density at radius 2 is 1.75 bits per heavy atom. The highest BCUT2D eigenvalue weighted by Gasteiger charge is 2.20. The number of anilines is 1. The second-order valence-corrected chi connectivity index (χ2v) is 4.22. The fourth-order valence-corrected chi connectivity index (χ4v) is 2.06. The molecular formula is C13H18N2O. The summed E-state index contributed by atoms with van der Waals surface area (Å²) in [4.78, 5) is 15.8. The molecule has 0 spiro atoms. The van der Waals surface area contributed by atoms with Crippen LogP contribution in [0.2, 0.25) is 0 Å². The maximum absolute atomic E-state index is 12.2. The molecule has 0 N–H and O–H groups in total. The van der Waals surface area contributed by atoms with Gasteiger partial charge in [0.05, 0.1) is 0 Å². The summed E-state index contributed by atoms with van der Waals surface area (Å²) in [6, 6.07) is 9.91. The number of rotatable bonds is 1. The first-order chi connectivity index (χ1) is 7.79. The molecule has 2 amide bonds. The third-order valence-corrected chi connectivity index (χ3v) is 3.06. The molecule has 2 rings (SSSR count). The van der Waals surface area contributed by atoms with Gasteiger partial charge in [0.15, 0.2) is 0 Å². The number of hydrogen-bond donors (Lipinski definition) is 0. The van der Waals surface area contributed by atoms with Crippen molar-refractivity contribution in [3.05, 3.63) is 30.3 Å². The predicted octanol–water partition coefficient (Wildman–Crippen LogP) is 2.73. The summed E-state index contributed by atoms with van der Waals surface area (Å²) in [6.45, 7) is 1.80. The van der Waals surface area contributed by atoms with Crippen LogP contribution in [-0.2, 0) is 0 Å².